The minimum atomic E-state index is -3.04. The van der Waals surface area contributed by atoms with Gasteiger partial charge >= 0.3 is 9.90 Å². The zero-order valence-corrected chi connectivity index (χ0v) is 22.2. The summed E-state index contributed by atoms with van der Waals surface area (Å²) < 4.78 is 30.6. The van der Waals surface area contributed by atoms with E-state index in [1.165, 1.54) is 6.07 Å². The Morgan fingerprint density at radius 1 is 1.11 bits per heavy atom. The van der Waals surface area contributed by atoms with E-state index in [1.54, 1.807) is 48.3 Å². The topological polar surface area (TPSA) is 79.5 Å². The van der Waals surface area contributed by atoms with Crippen LogP contribution >= 0.6 is 34.2 Å². The molecule has 0 atom stereocenters. The van der Waals surface area contributed by atoms with Gasteiger partial charge in [0.25, 0.3) is 5.89 Å². The molecule has 0 saturated heterocycles. The molecule has 0 amide bonds. The van der Waals surface area contributed by atoms with E-state index in [9.17, 15) is 13.6 Å². The average Bonchev–Trinajstić information content (AvgIpc) is 3.30. The number of carbonyl (C=O) groups is 1. The summed E-state index contributed by atoms with van der Waals surface area (Å²) in [5.41, 5.74) is 3.97. The van der Waals surface area contributed by atoms with Crippen LogP contribution < -0.4 is 0 Å². The highest BCUT2D eigenvalue weighted by atomic mass is 127. The maximum Gasteiger partial charge on any atom is 0.322 e. The highest BCUT2D eigenvalue weighted by Gasteiger charge is 2.30. The second-order valence-electron chi connectivity index (χ2n) is 8.37. The molecule has 0 fully saturated rings. The van der Waals surface area contributed by atoms with Crippen molar-refractivity contribution in [2.45, 2.75) is 17.4 Å². The Morgan fingerprint density at radius 2 is 1.83 bits per heavy atom. The van der Waals surface area contributed by atoms with Crippen LogP contribution in [-0.4, -0.2) is 39.7 Å². The highest BCUT2D eigenvalue weighted by Crippen LogP contribution is 2.43. The first kappa shape index (κ1) is 26.2. The van der Waals surface area contributed by atoms with Gasteiger partial charge in [0, 0.05) is 56.4 Å². The normalized spacial score (nSPS) is 11.8. The van der Waals surface area contributed by atoms with Crippen molar-refractivity contribution in [2.75, 3.05) is 13.6 Å². The molecule has 10 heteroatoms. The van der Waals surface area contributed by atoms with Crippen molar-refractivity contribution >= 4 is 40.2 Å². The molecule has 0 aliphatic rings. The molecule has 6 nitrogen and oxygen atoms in total. The predicted octanol–water partition coefficient (Wildman–Crippen LogP) is 7.03. The minimum absolute atomic E-state index is 0.0528. The average molecular weight is 624 g/mol. The molecule has 4 rings (SSSR count). The van der Waals surface area contributed by atoms with E-state index in [-0.39, 0.29) is 23.0 Å². The van der Waals surface area contributed by atoms with Crippen LogP contribution in [0.1, 0.15) is 16.7 Å². The molecule has 0 unspecified atom stereocenters. The van der Waals surface area contributed by atoms with Gasteiger partial charge in [-0.2, -0.15) is 13.8 Å². The Morgan fingerprint density at radius 3 is 2.50 bits per heavy atom. The Balaban J connectivity index is 1.58. The number of aromatic nitrogens is 2. The van der Waals surface area contributed by atoms with Crippen molar-refractivity contribution in [2.24, 2.45) is 0 Å². The number of likely N-dealkylation sites (N-methyl/N-ethyl adjacent to an activating group) is 1. The maximum atomic E-state index is 14.1. The monoisotopic (exact) mass is 623 g/mol. The SMILES string of the molecule is Cc1cc(-c2noc(-c3ccc(-c4ccccc4C(F)(F)I)c(Cl)c3)n2)ccc1CN(C)CC(=O)O. The molecular formula is C26H21ClF2IN3O3. The molecule has 0 saturated carbocycles. The van der Waals surface area contributed by atoms with Gasteiger partial charge in [0.05, 0.1) is 6.54 Å². The van der Waals surface area contributed by atoms with Crippen LogP contribution in [0.15, 0.2) is 65.2 Å². The van der Waals surface area contributed by atoms with Crippen molar-refractivity contribution in [3.63, 3.8) is 0 Å². The summed E-state index contributed by atoms with van der Waals surface area (Å²) in [6.07, 6.45) is 0. The van der Waals surface area contributed by atoms with E-state index in [0.29, 0.717) is 29.1 Å². The van der Waals surface area contributed by atoms with E-state index in [2.05, 4.69) is 10.1 Å². The van der Waals surface area contributed by atoms with Gasteiger partial charge in [-0.15, -0.1) is 0 Å². The summed E-state index contributed by atoms with van der Waals surface area (Å²) in [5.74, 6) is -0.256. The Kier molecular flexibility index (Phi) is 7.72. The van der Waals surface area contributed by atoms with E-state index < -0.39 is 9.90 Å². The van der Waals surface area contributed by atoms with Crippen molar-refractivity contribution in [1.29, 1.82) is 0 Å². The van der Waals surface area contributed by atoms with Crippen LogP contribution in [-0.2, 0) is 15.3 Å². The van der Waals surface area contributed by atoms with Crippen molar-refractivity contribution in [1.82, 2.24) is 15.0 Å². The van der Waals surface area contributed by atoms with Gasteiger partial charge < -0.3 is 9.63 Å². The summed E-state index contributed by atoms with van der Waals surface area (Å²) in [4.78, 5) is 17.1. The second-order valence-corrected chi connectivity index (χ2v) is 10.1. The lowest BCUT2D eigenvalue weighted by Crippen LogP contribution is -2.25. The number of aryl methyl sites for hydroxylation is 1. The summed E-state index contributed by atoms with van der Waals surface area (Å²) in [7, 11) is 1.75. The fraction of sp³-hybridized carbons (Fsp3) is 0.192. The van der Waals surface area contributed by atoms with Gasteiger partial charge in [-0.3, -0.25) is 9.69 Å². The lowest BCUT2D eigenvalue weighted by molar-refractivity contribution is -0.138. The summed E-state index contributed by atoms with van der Waals surface area (Å²) in [6.45, 7) is 2.38. The lowest BCUT2D eigenvalue weighted by Gasteiger charge is -2.16. The molecule has 0 aliphatic heterocycles. The summed E-state index contributed by atoms with van der Waals surface area (Å²) in [6, 6.07) is 16.9. The predicted molar refractivity (Wildman–Crippen MR) is 142 cm³/mol. The number of carboxylic acid groups (broad SMARTS) is 1. The molecule has 0 aliphatic carbocycles. The maximum absolute atomic E-state index is 14.1. The number of nitrogens with zero attached hydrogens (tertiary/aromatic N) is 3. The largest absolute Gasteiger partial charge is 0.480 e. The molecular weight excluding hydrogens is 603 g/mol. The Labute approximate surface area is 225 Å². The molecule has 1 aromatic heterocycles. The van der Waals surface area contributed by atoms with E-state index in [0.717, 1.165) is 39.3 Å². The first-order valence-corrected chi connectivity index (χ1v) is 12.3. The van der Waals surface area contributed by atoms with Crippen LogP contribution in [0.2, 0.25) is 5.02 Å². The third kappa shape index (κ3) is 5.91. The third-order valence-electron chi connectivity index (χ3n) is 5.61. The molecule has 1 N–H and O–H groups in total. The number of aliphatic carboxylic acids is 1. The fourth-order valence-electron chi connectivity index (χ4n) is 3.88. The van der Waals surface area contributed by atoms with Crippen LogP contribution in [0.3, 0.4) is 0 Å². The summed E-state index contributed by atoms with van der Waals surface area (Å²) in [5, 5.41) is 13.3. The smallest absolute Gasteiger partial charge is 0.322 e. The first-order chi connectivity index (χ1) is 17.0. The molecule has 0 radical (unpaired) electrons. The first-order valence-electron chi connectivity index (χ1n) is 10.8. The standard InChI is InChI=1S/C26H21ClF2IN3O3/c1-15-11-16(7-8-18(15)13-33(2)14-23(34)35)24-31-25(36-32-24)17-9-10-20(22(27)12-17)19-5-3-4-6-21(19)26(28,29)30/h3-12H,13-14H2,1-2H3,(H,34,35). The lowest BCUT2D eigenvalue weighted by atomic mass is 9.98. The van der Waals surface area contributed by atoms with Crippen molar-refractivity contribution < 1.29 is 23.2 Å². The number of benzene rings is 3. The molecule has 0 bridgehead atoms. The zero-order valence-electron chi connectivity index (χ0n) is 19.3. The Hall–Kier alpha value is -2.89. The quantitative estimate of drug-likeness (QED) is 0.168. The number of alkyl halides is 3. The van der Waals surface area contributed by atoms with Crippen LogP contribution in [0, 0.1) is 6.92 Å². The number of rotatable bonds is 8. The van der Waals surface area contributed by atoms with E-state index in [4.69, 9.17) is 21.2 Å². The zero-order chi connectivity index (χ0) is 26.0. The van der Waals surface area contributed by atoms with Gasteiger partial charge in [-0.1, -0.05) is 59.2 Å². The van der Waals surface area contributed by atoms with E-state index >= 15 is 0 Å². The Bertz CT molecular complexity index is 1420. The minimum Gasteiger partial charge on any atom is -0.480 e. The number of hydrogen-bond donors (Lipinski definition) is 1. The highest BCUT2D eigenvalue weighted by molar-refractivity contribution is 14.1. The molecule has 3 aromatic carbocycles. The van der Waals surface area contributed by atoms with Crippen molar-refractivity contribution in [3.8, 4) is 34.0 Å². The second kappa shape index (κ2) is 10.6. The third-order valence-corrected chi connectivity index (χ3v) is 6.50. The number of halogens is 4. The van der Waals surface area contributed by atoms with Crippen LogP contribution in [0.25, 0.3) is 34.0 Å². The van der Waals surface area contributed by atoms with Gasteiger partial charge in [0.1, 0.15) is 0 Å². The molecule has 0 spiro atoms. The summed E-state index contributed by atoms with van der Waals surface area (Å²) >= 11 is 7.60. The van der Waals surface area contributed by atoms with Crippen LogP contribution in [0.4, 0.5) is 8.78 Å². The van der Waals surface area contributed by atoms with Gasteiger partial charge in [0.15, 0.2) is 0 Å². The molecule has 1 heterocycles. The number of carboxylic acids is 1. The molecule has 4 aromatic rings. The van der Waals surface area contributed by atoms with Gasteiger partial charge in [0.2, 0.25) is 5.82 Å². The molecule has 36 heavy (non-hydrogen) atoms. The van der Waals surface area contributed by atoms with E-state index in [1.807, 2.05) is 25.1 Å². The van der Waals surface area contributed by atoms with Gasteiger partial charge in [-0.05, 0) is 48.9 Å². The van der Waals surface area contributed by atoms with Crippen molar-refractivity contribution in [3.05, 3.63) is 82.4 Å². The van der Waals surface area contributed by atoms with Gasteiger partial charge in [-0.25, -0.2) is 0 Å². The molecule has 186 valence electrons. The fourth-order valence-corrected chi connectivity index (χ4v) is 4.63. The van der Waals surface area contributed by atoms with Crippen LogP contribution in [0.5, 0.6) is 0 Å². The number of hydrogen-bond acceptors (Lipinski definition) is 5.